The van der Waals surface area contributed by atoms with Crippen LogP contribution in [0, 0.1) is 0 Å². The molecule has 1 nitrogen and oxygen atoms in total. The van der Waals surface area contributed by atoms with Gasteiger partial charge in [-0.2, -0.15) is 0 Å². The normalized spacial score (nSPS) is 18.3. The molecule has 102 valence electrons. The van der Waals surface area contributed by atoms with E-state index in [0.717, 1.165) is 16.7 Å². The Labute approximate surface area is 121 Å². The number of fused-ring (bicyclic) bond motifs is 1. The van der Waals surface area contributed by atoms with E-state index in [2.05, 4.69) is 50.0 Å². The number of hydrogen-bond acceptors (Lipinski definition) is 1. The minimum Gasteiger partial charge on any atom is -0.384 e. The van der Waals surface area contributed by atoms with E-state index in [1.165, 1.54) is 10.8 Å². The SMILES string of the molecule is C[Si](C)(C)C1=C(c2ccccc2)C(O)c2ccccc21. The Hall–Kier alpha value is -1.64. The fraction of sp³-hybridized carbons (Fsp3) is 0.222. The minimum atomic E-state index is -1.54. The van der Waals surface area contributed by atoms with Gasteiger partial charge in [-0.1, -0.05) is 74.2 Å². The Morgan fingerprint density at radius 2 is 1.45 bits per heavy atom. The number of aliphatic hydroxyl groups excluding tert-OH is 1. The number of aliphatic hydroxyl groups is 1. The van der Waals surface area contributed by atoms with E-state index in [9.17, 15) is 5.11 Å². The van der Waals surface area contributed by atoms with E-state index >= 15 is 0 Å². The average molecular weight is 280 g/mol. The first kappa shape index (κ1) is 13.3. The van der Waals surface area contributed by atoms with Gasteiger partial charge in [-0.05, 0) is 27.5 Å². The van der Waals surface area contributed by atoms with Crippen LogP contribution in [0.25, 0.3) is 10.8 Å². The summed E-state index contributed by atoms with van der Waals surface area (Å²) in [6.45, 7) is 7.04. The number of rotatable bonds is 2. The molecule has 20 heavy (non-hydrogen) atoms. The van der Waals surface area contributed by atoms with Crippen molar-refractivity contribution in [1.82, 2.24) is 0 Å². The lowest BCUT2D eigenvalue weighted by atomic mass is 10.0. The maximum absolute atomic E-state index is 10.8. The summed E-state index contributed by atoms with van der Waals surface area (Å²) in [7, 11) is -1.54. The molecule has 0 saturated heterocycles. The highest BCUT2D eigenvalue weighted by Gasteiger charge is 2.36. The zero-order chi connectivity index (χ0) is 14.3. The van der Waals surface area contributed by atoms with Crippen molar-refractivity contribution >= 4 is 18.8 Å². The van der Waals surface area contributed by atoms with Crippen LogP contribution in [0.15, 0.2) is 54.6 Å². The van der Waals surface area contributed by atoms with E-state index in [1.807, 2.05) is 24.3 Å². The zero-order valence-electron chi connectivity index (χ0n) is 12.2. The summed E-state index contributed by atoms with van der Waals surface area (Å²) < 4.78 is 0. The third kappa shape index (κ3) is 2.05. The molecule has 0 amide bonds. The molecule has 2 heteroatoms. The second-order valence-electron chi connectivity index (χ2n) is 6.39. The summed E-state index contributed by atoms with van der Waals surface area (Å²) in [5.74, 6) is 0. The molecule has 1 aliphatic rings. The van der Waals surface area contributed by atoms with Crippen molar-refractivity contribution in [3.63, 3.8) is 0 Å². The highest BCUT2D eigenvalue weighted by molar-refractivity contribution is 6.95. The minimum absolute atomic E-state index is 0.490. The first-order chi connectivity index (χ1) is 9.50. The van der Waals surface area contributed by atoms with Crippen molar-refractivity contribution in [1.29, 1.82) is 0 Å². The van der Waals surface area contributed by atoms with Gasteiger partial charge in [-0.15, -0.1) is 0 Å². The molecule has 0 aromatic heterocycles. The second-order valence-corrected chi connectivity index (χ2v) is 11.4. The maximum atomic E-state index is 10.8. The molecular weight excluding hydrogens is 260 g/mol. The lowest BCUT2D eigenvalue weighted by molar-refractivity contribution is 0.241. The molecule has 0 heterocycles. The smallest absolute Gasteiger partial charge is 0.105 e. The van der Waals surface area contributed by atoms with Gasteiger partial charge < -0.3 is 5.11 Å². The van der Waals surface area contributed by atoms with Crippen LogP contribution in [-0.2, 0) is 0 Å². The van der Waals surface area contributed by atoms with E-state index in [4.69, 9.17) is 0 Å². The first-order valence-electron chi connectivity index (χ1n) is 7.07. The topological polar surface area (TPSA) is 20.2 Å². The molecule has 1 aliphatic carbocycles. The summed E-state index contributed by atoms with van der Waals surface area (Å²) in [6.07, 6.45) is -0.490. The van der Waals surface area contributed by atoms with E-state index in [-0.39, 0.29) is 0 Å². The van der Waals surface area contributed by atoms with E-state index < -0.39 is 14.2 Å². The van der Waals surface area contributed by atoms with Crippen LogP contribution in [0.3, 0.4) is 0 Å². The van der Waals surface area contributed by atoms with Crippen LogP contribution in [0.4, 0.5) is 0 Å². The van der Waals surface area contributed by atoms with Gasteiger partial charge in [0, 0.05) is 0 Å². The van der Waals surface area contributed by atoms with Gasteiger partial charge in [-0.3, -0.25) is 0 Å². The van der Waals surface area contributed by atoms with Gasteiger partial charge in [0.25, 0.3) is 0 Å². The lowest BCUT2D eigenvalue weighted by Crippen LogP contribution is -2.23. The van der Waals surface area contributed by atoms with Gasteiger partial charge >= 0.3 is 0 Å². The molecule has 0 aliphatic heterocycles. The molecule has 1 N–H and O–H groups in total. The predicted molar refractivity (Wildman–Crippen MR) is 88.0 cm³/mol. The summed E-state index contributed by atoms with van der Waals surface area (Å²) >= 11 is 0. The van der Waals surface area contributed by atoms with Crippen LogP contribution < -0.4 is 0 Å². The van der Waals surface area contributed by atoms with Gasteiger partial charge in [0.15, 0.2) is 0 Å². The predicted octanol–water partition coefficient (Wildman–Crippen LogP) is 4.52. The molecule has 0 spiro atoms. The Morgan fingerprint density at radius 3 is 2.10 bits per heavy atom. The molecule has 2 aromatic rings. The standard InChI is InChI=1S/C18H20OSi/c1-20(2,3)18-15-12-8-7-11-14(15)17(19)16(18)13-9-5-4-6-10-13/h4-12,17,19H,1-3H3. The monoisotopic (exact) mass is 280 g/mol. The Kier molecular flexibility index (Phi) is 3.15. The Morgan fingerprint density at radius 1 is 0.850 bits per heavy atom. The van der Waals surface area contributed by atoms with Gasteiger partial charge in [0.05, 0.1) is 8.07 Å². The summed E-state index contributed by atoms with van der Waals surface area (Å²) in [5.41, 5.74) is 4.57. The van der Waals surface area contributed by atoms with Crippen molar-refractivity contribution in [3.05, 3.63) is 71.3 Å². The molecule has 1 atom stereocenters. The van der Waals surface area contributed by atoms with E-state index in [1.54, 1.807) is 0 Å². The van der Waals surface area contributed by atoms with Crippen molar-refractivity contribution in [2.45, 2.75) is 25.7 Å². The second kappa shape index (κ2) is 4.72. The summed E-state index contributed by atoms with van der Waals surface area (Å²) in [5, 5.41) is 12.2. The fourth-order valence-electron chi connectivity index (χ4n) is 3.13. The molecule has 2 aromatic carbocycles. The van der Waals surface area contributed by atoms with Crippen LogP contribution in [-0.4, -0.2) is 13.2 Å². The van der Waals surface area contributed by atoms with Gasteiger partial charge in [-0.25, -0.2) is 0 Å². The number of hydrogen-bond donors (Lipinski definition) is 1. The molecule has 0 bridgehead atoms. The maximum Gasteiger partial charge on any atom is 0.105 e. The third-order valence-corrected chi connectivity index (χ3v) is 5.94. The van der Waals surface area contributed by atoms with Gasteiger partial charge in [0.2, 0.25) is 0 Å². The number of benzene rings is 2. The van der Waals surface area contributed by atoms with E-state index in [0.29, 0.717) is 0 Å². The highest BCUT2D eigenvalue weighted by atomic mass is 28.3. The average Bonchev–Trinajstić information content (AvgIpc) is 2.73. The summed E-state index contributed by atoms with van der Waals surface area (Å²) in [4.78, 5) is 0. The first-order valence-corrected chi connectivity index (χ1v) is 10.6. The van der Waals surface area contributed by atoms with Crippen molar-refractivity contribution in [3.8, 4) is 0 Å². The lowest BCUT2D eigenvalue weighted by Gasteiger charge is -2.22. The third-order valence-electron chi connectivity index (χ3n) is 3.90. The van der Waals surface area contributed by atoms with Crippen LogP contribution in [0.2, 0.25) is 19.6 Å². The van der Waals surface area contributed by atoms with Crippen LogP contribution in [0.1, 0.15) is 22.8 Å². The van der Waals surface area contributed by atoms with Crippen LogP contribution in [0.5, 0.6) is 0 Å². The van der Waals surface area contributed by atoms with Crippen LogP contribution >= 0.6 is 0 Å². The Balaban J connectivity index is 2.29. The summed E-state index contributed by atoms with van der Waals surface area (Å²) in [6, 6.07) is 18.6. The molecule has 0 radical (unpaired) electrons. The Bertz CT molecular complexity index is 665. The fourth-order valence-corrected chi connectivity index (χ4v) is 5.25. The molecular formula is C18H20OSi. The zero-order valence-corrected chi connectivity index (χ0v) is 13.2. The molecule has 1 unspecified atom stereocenters. The molecule has 0 saturated carbocycles. The largest absolute Gasteiger partial charge is 0.384 e. The van der Waals surface area contributed by atoms with Crippen molar-refractivity contribution in [2.75, 3.05) is 0 Å². The molecule has 3 rings (SSSR count). The van der Waals surface area contributed by atoms with Gasteiger partial charge in [0.1, 0.15) is 6.10 Å². The van der Waals surface area contributed by atoms with Crippen molar-refractivity contribution in [2.24, 2.45) is 0 Å². The van der Waals surface area contributed by atoms with Crippen molar-refractivity contribution < 1.29 is 5.11 Å². The molecule has 0 fully saturated rings. The quantitative estimate of drug-likeness (QED) is 0.802. The highest BCUT2D eigenvalue weighted by Crippen LogP contribution is 2.48.